The lowest BCUT2D eigenvalue weighted by Gasteiger charge is -2.24. The lowest BCUT2D eigenvalue weighted by atomic mass is 10.1. The van der Waals surface area contributed by atoms with E-state index in [0.29, 0.717) is 24.6 Å². The highest BCUT2D eigenvalue weighted by Crippen LogP contribution is 2.39. The lowest BCUT2D eigenvalue weighted by molar-refractivity contribution is -0.117. The number of methoxy groups -OCH3 is 1. The largest absolute Gasteiger partial charge is 0.497 e. The van der Waals surface area contributed by atoms with Crippen molar-refractivity contribution in [1.82, 2.24) is 4.90 Å². The molecule has 1 amide bonds. The number of hydrogen-bond donors (Lipinski definition) is 0. The van der Waals surface area contributed by atoms with Crippen LogP contribution in [0.25, 0.3) is 0 Å². The smallest absolute Gasteiger partial charge is 0.248 e. The monoisotopic (exact) mass is 444 g/mol. The lowest BCUT2D eigenvalue weighted by Crippen LogP contribution is -2.37. The number of carbonyl (C=O) groups excluding carboxylic acids is 1. The zero-order valence-electron chi connectivity index (χ0n) is 16.7. The average Bonchev–Trinajstić information content (AvgIpc) is 3.19. The maximum absolute atomic E-state index is 12.6. The number of aliphatic imine (C=N–C) groups is 1. The fourth-order valence-electron chi connectivity index (χ4n) is 3.85. The van der Waals surface area contributed by atoms with Crippen LogP contribution < -0.4 is 4.74 Å². The zero-order chi connectivity index (χ0) is 21.1. The van der Waals surface area contributed by atoms with Gasteiger partial charge in [0, 0.05) is 18.2 Å². The van der Waals surface area contributed by atoms with Gasteiger partial charge in [-0.3, -0.25) is 4.79 Å². The summed E-state index contributed by atoms with van der Waals surface area (Å²) in [5.41, 5.74) is 2.09. The number of hydrogen-bond acceptors (Lipinski definition) is 5. The zero-order valence-corrected chi connectivity index (χ0v) is 18.4. The Hall–Kier alpha value is -2.32. The summed E-state index contributed by atoms with van der Waals surface area (Å²) in [6, 6.07) is 17.4. The molecule has 2 aromatic rings. The average molecular weight is 445 g/mol. The van der Waals surface area contributed by atoms with Crippen molar-refractivity contribution < 1.29 is 17.9 Å². The van der Waals surface area contributed by atoms with E-state index in [0.717, 1.165) is 16.9 Å². The van der Waals surface area contributed by atoms with Gasteiger partial charge in [0.1, 0.15) is 5.75 Å². The number of benzene rings is 2. The van der Waals surface area contributed by atoms with Crippen molar-refractivity contribution in [3.8, 4) is 5.75 Å². The molecule has 0 aromatic heterocycles. The SMILES string of the molecule is COc1cccc(CN2C(=NC(=O)CCc3ccccc3)S[C@H]3CS(=O)(=O)C[C@@H]32)c1. The summed E-state index contributed by atoms with van der Waals surface area (Å²) < 4.78 is 29.6. The van der Waals surface area contributed by atoms with Crippen LogP contribution in [0, 0.1) is 0 Å². The van der Waals surface area contributed by atoms with Gasteiger partial charge in [0.15, 0.2) is 15.0 Å². The number of amides is 1. The summed E-state index contributed by atoms with van der Waals surface area (Å²) in [6.07, 6.45) is 0.965. The molecule has 0 aliphatic carbocycles. The summed E-state index contributed by atoms with van der Waals surface area (Å²) in [7, 11) is -1.46. The predicted molar refractivity (Wildman–Crippen MR) is 120 cm³/mol. The van der Waals surface area contributed by atoms with Crippen LogP contribution >= 0.6 is 11.8 Å². The molecule has 2 saturated heterocycles. The van der Waals surface area contributed by atoms with Crippen LogP contribution in [0.2, 0.25) is 0 Å². The fraction of sp³-hybridized carbons (Fsp3) is 0.364. The Morgan fingerprint density at radius 1 is 1.13 bits per heavy atom. The minimum atomic E-state index is -3.07. The molecule has 2 aliphatic heterocycles. The summed E-state index contributed by atoms with van der Waals surface area (Å²) in [5, 5.41) is 0.544. The topological polar surface area (TPSA) is 76.0 Å². The second-order valence-electron chi connectivity index (χ2n) is 7.55. The van der Waals surface area contributed by atoms with E-state index in [4.69, 9.17) is 4.74 Å². The number of aryl methyl sites for hydroxylation is 1. The third kappa shape index (κ3) is 4.87. The molecular formula is C22H24N2O4S2. The van der Waals surface area contributed by atoms with Crippen molar-refractivity contribution in [2.75, 3.05) is 18.6 Å². The highest BCUT2D eigenvalue weighted by atomic mass is 32.2. The summed E-state index contributed by atoms with van der Waals surface area (Å²) in [4.78, 5) is 18.9. The van der Waals surface area contributed by atoms with Crippen molar-refractivity contribution in [3.63, 3.8) is 0 Å². The maximum atomic E-state index is 12.6. The molecule has 2 atom stereocenters. The number of sulfone groups is 1. The number of fused-ring (bicyclic) bond motifs is 1. The quantitative estimate of drug-likeness (QED) is 0.682. The number of rotatable bonds is 6. The Morgan fingerprint density at radius 2 is 1.90 bits per heavy atom. The second kappa shape index (κ2) is 8.81. The molecule has 2 heterocycles. The van der Waals surface area contributed by atoms with Gasteiger partial charge in [-0.2, -0.15) is 4.99 Å². The molecule has 0 N–H and O–H groups in total. The first-order chi connectivity index (χ1) is 14.4. The van der Waals surface area contributed by atoms with Gasteiger partial charge in [-0.05, 0) is 29.7 Å². The number of ether oxygens (including phenoxy) is 1. The van der Waals surface area contributed by atoms with E-state index >= 15 is 0 Å². The second-order valence-corrected chi connectivity index (χ2v) is 10.9. The van der Waals surface area contributed by atoms with Gasteiger partial charge in [-0.25, -0.2) is 8.42 Å². The van der Waals surface area contributed by atoms with Crippen LogP contribution in [0.5, 0.6) is 5.75 Å². The first-order valence-electron chi connectivity index (χ1n) is 9.85. The van der Waals surface area contributed by atoms with Gasteiger partial charge in [-0.1, -0.05) is 54.2 Å². The highest BCUT2D eigenvalue weighted by molar-refractivity contribution is 8.15. The first kappa shape index (κ1) is 20.9. The first-order valence-corrected chi connectivity index (χ1v) is 12.6. The van der Waals surface area contributed by atoms with Gasteiger partial charge < -0.3 is 9.64 Å². The molecule has 0 spiro atoms. The van der Waals surface area contributed by atoms with Crippen LogP contribution in [0.1, 0.15) is 17.5 Å². The van der Waals surface area contributed by atoms with Crippen LogP contribution in [-0.4, -0.2) is 54.3 Å². The molecule has 6 nitrogen and oxygen atoms in total. The van der Waals surface area contributed by atoms with Crippen LogP contribution in [0.15, 0.2) is 59.6 Å². The number of thioether (sulfide) groups is 1. The molecule has 0 radical (unpaired) electrons. The summed E-state index contributed by atoms with van der Waals surface area (Å²) in [6.45, 7) is 0.492. The van der Waals surface area contributed by atoms with E-state index in [1.165, 1.54) is 11.8 Å². The fourth-order valence-corrected chi connectivity index (χ4v) is 7.81. The predicted octanol–water partition coefficient (Wildman–Crippen LogP) is 2.93. The molecule has 2 aliphatic rings. The van der Waals surface area contributed by atoms with E-state index in [2.05, 4.69) is 4.99 Å². The van der Waals surface area contributed by atoms with Crippen molar-refractivity contribution in [3.05, 3.63) is 65.7 Å². The highest BCUT2D eigenvalue weighted by Gasteiger charge is 2.48. The third-order valence-corrected chi connectivity index (χ3v) is 8.60. The van der Waals surface area contributed by atoms with E-state index in [9.17, 15) is 13.2 Å². The summed E-state index contributed by atoms with van der Waals surface area (Å²) in [5.74, 6) is 0.798. The number of carbonyl (C=O) groups is 1. The van der Waals surface area contributed by atoms with Crippen LogP contribution in [0.3, 0.4) is 0 Å². The Kier molecular flexibility index (Phi) is 6.15. The molecule has 0 saturated carbocycles. The maximum Gasteiger partial charge on any atom is 0.248 e. The van der Waals surface area contributed by atoms with Gasteiger partial charge in [0.05, 0.1) is 24.7 Å². The van der Waals surface area contributed by atoms with Crippen LogP contribution in [-0.2, 0) is 27.6 Å². The van der Waals surface area contributed by atoms with Crippen LogP contribution in [0.4, 0.5) is 0 Å². The Balaban J connectivity index is 1.52. The molecule has 2 fully saturated rings. The minimum Gasteiger partial charge on any atom is -0.497 e. The Morgan fingerprint density at radius 3 is 2.67 bits per heavy atom. The molecule has 2 aromatic carbocycles. The van der Waals surface area contributed by atoms with Crippen molar-refractivity contribution in [2.24, 2.45) is 4.99 Å². The molecule has 8 heteroatoms. The summed E-state index contributed by atoms with van der Waals surface area (Å²) >= 11 is 1.42. The Labute approximate surface area is 181 Å². The van der Waals surface area contributed by atoms with Gasteiger partial charge in [0.2, 0.25) is 5.91 Å². The van der Waals surface area contributed by atoms with Crippen molar-refractivity contribution >= 4 is 32.7 Å². The number of nitrogens with zero attached hydrogens (tertiary/aromatic N) is 2. The molecule has 158 valence electrons. The molecule has 30 heavy (non-hydrogen) atoms. The van der Waals surface area contributed by atoms with E-state index in [1.54, 1.807) is 7.11 Å². The number of amidine groups is 1. The van der Waals surface area contributed by atoms with Gasteiger partial charge in [0.25, 0.3) is 0 Å². The molecular weight excluding hydrogens is 420 g/mol. The van der Waals surface area contributed by atoms with E-state index in [-0.39, 0.29) is 28.7 Å². The minimum absolute atomic E-state index is 0.0821. The molecule has 4 rings (SSSR count). The van der Waals surface area contributed by atoms with Crippen molar-refractivity contribution in [2.45, 2.75) is 30.7 Å². The molecule has 0 bridgehead atoms. The van der Waals surface area contributed by atoms with E-state index < -0.39 is 9.84 Å². The Bertz CT molecular complexity index is 1050. The van der Waals surface area contributed by atoms with Gasteiger partial charge >= 0.3 is 0 Å². The standard InChI is InChI=1S/C22H24N2O4S2/c1-28-18-9-5-8-17(12-18)13-24-19-14-30(26,27)15-20(19)29-22(24)23-21(25)11-10-16-6-3-2-4-7-16/h2-9,12,19-20H,10-11,13-15H2,1H3/t19-,20-/m0/s1. The normalized spacial score (nSPS) is 23.5. The van der Waals surface area contributed by atoms with Crippen molar-refractivity contribution in [1.29, 1.82) is 0 Å². The third-order valence-electron chi connectivity index (χ3n) is 5.35. The van der Waals surface area contributed by atoms with Gasteiger partial charge in [-0.15, -0.1) is 0 Å². The van der Waals surface area contributed by atoms with E-state index in [1.807, 2.05) is 59.5 Å². The molecule has 0 unspecified atom stereocenters.